The molecule has 3 rings (SSSR count). The van der Waals surface area contributed by atoms with Crippen molar-refractivity contribution >= 4 is 29.3 Å². The summed E-state index contributed by atoms with van der Waals surface area (Å²) in [6, 6.07) is -1.06. The molecule has 2 unspecified atom stereocenters. The number of alkyl halides is 1. The molecular weight excluding hydrogens is 420 g/mol. The van der Waals surface area contributed by atoms with Gasteiger partial charge in [-0.15, -0.1) is 23.4 Å². The zero-order valence-corrected chi connectivity index (χ0v) is 18.4. The summed E-state index contributed by atoms with van der Waals surface area (Å²) in [6.07, 6.45) is 1.68. The molecule has 6 N–H and O–H groups in total. The number of rotatable bonds is 8. The van der Waals surface area contributed by atoms with Gasteiger partial charge in [-0.2, -0.15) is 0 Å². The molecule has 0 aromatic heterocycles. The second-order valence-electron chi connectivity index (χ2n) is 8.55. The number of thioether (sulfide) groups is 1. The van der Waals surface area contributed by atoms with Gasteiger partial charge in [0, 0.05) is 19.1 Å². The lowest BCUT2D eigenvalue weighted by molar-refractivity contribution is -0.128. The molecule has 1 amide bonds. The second kappa shape index (κ2) is 9.56. The molecule has 2 heterocycles. The van der Waals surface area contributed by atoms with Crippen molar-refractivity contribution in [1.82, 2.24) is 10.6 Å². The molecule has 0 aromatic rings. The van der Waals surface area contributed by atoms with E-state index >= 15 is 0 Å². The molecular formula is C19H33ClN2O6S. The molecule has 0 aromatic carbocycles. The minimum atomic E-state index is -1.61. The first-order valence-electron chi connectivity index (χ1n) is 10.3. The number of aliphatic hydroxyl groups excluding tert-OH is 3. The van der Waals surface area contributed by atoms with Crippen molar-refractivity contribution < 1.29 is 30.0 Å². The van der Waals surface area contributed by atoms with Crippen LogP contribution < -0.4 is 10.6 Å². The fraction of sp³-hybridized carbons (Fsp3) is 0.947. The fourth-order valence-corrected chi connectivity index (χ4v) is 5.37. The van der Waals surface area contributed by atoms with Crippen molar-refractivity contribution in [3.8, 4) is 0 Å². The Kier molecular flexibility index (Phi) is 7.76. The van der Waals surface area contributed by atoms with E-state index in [9.17, 15) is 25.2 Å². The first kappa shape index (κ1) is 23.5. The first-order chi connectivity index (χ1) is 13.7. The minimum Gasteiger partial charge on any atom is -0.387 e. The molecule has 10 atom stereocenters. The van der Waals surface area contributed by atoms with Crippen molar-refractivity contribution in [2.24, 2.45) is 11.8 Å². The number of amides is 1. The van der Waals surface area contributed by atoms with Gasteiger partial charge in [0.05, 0.1) is 23.1 Å². The van der Waals surface area contributed by atoms with Gasteiger partial charge >= 0.3 is 0 Å². The zero-order valence-electron chi connectivity index (χ0n) is 16.8. The molecule has 168 valence electrons. The van der Waals surface area contributed by atoms with E-state index in [0.717, 1.165) is 37.6 Å². The monoisotopic (exact) mass is 452 g/mol. The highest BCUT2D eigenvalue weighted by atomic mass is 35.5. The van der Waals surface area contributed by atoms with E-state index in [-0.39, 0.29) is 18.4 Å². The third kappa shape index (κ3) is 4.87. The molecule has 1 saturated carbocycles. The summed E-state index contributed by atoms with van der Waals surface area (Å²) in [7, 11) is 0. The summed E-state index contributed by atoms with van der Waals surface area (Å²) >= 11 is 7.30. The molecule has 3 aliphatic rings. The van der Waals surface area contributed by atoms with Gasteiger partial charge in [0.25, 0.3) is 0 Å². The van der Waals surface area contributed by atoms with Crippen molar-refractivity contribution in [1.29, 1.82) is 0 Å². The summed E-state index contributed by atoms with van der Waals surface area (Å²) in [4.78, 5) is 13.0. The van der Waals surface area contributed by atoms with Gasteiger partial charge < -0.3 is 35.8 Å². The number of fused-ring (bicyclic) bond motifs is 1. The first-order valence-corrected chi connectivity index (χ1v) is 12.0. The van der Waals surface area contributed by atoms with Gasteiger partial charge in [-0.25, -0.2) is 0 Å². The molecule has 2 aliphatic heterocycles. The molecule has 0 bridgehead atoms. The van der Waals surface area contributed by atoms with Crippen LogP contribution in [0.1, 0.15) is 32.6 Å². The largest absolute Gasteiger partial charge is 0.387 e. The van der Waals surface area contributed by atoms with Gasteiger partial charge in [-0.1, -0.05) is 6.42 Å². The quantitative estimate of drug-likeness (QED) is 0.213. The molecule has 2 saturated heterocycles. The van der Waals surface area contributed by atoms with E-state index in [4.69, 9.17) is 16.3 Å². The van der Waals surface area contributed by atoms with E-state index in [1.807, 2.05) is 0 Å². The second-order valence-corrected chi connectivity index (χ2v) is 10.2. The molecule has 3 fully saturated rings. The van der Waals surface area contributed by atoms with Gasteiger partial charge in [0.15, 0.2) is 0 Å². The standard InChI is InChI=1S/C19H33ClN2O6S/c1-9(20)12(11-7-19(11,27)16(24)14(23)18(26)29-2)22-17(25)13-15-10(8-21-13)5-3-4-6-28-15/h9-16,18,21,23-24,26-27H,3-8H2,1-2H3,(H,22,25)/t9-,10-,11+,12+,13-,14+,15+,16?,18?,19-/m0/s1. The van der Waals surface area contributed by atoms with Crippen LogP contribution in [0.5, 0.6) is 0 Å². The Morgan fingerprint density at radius 3 is 2.72 bits per heavy atom. The maximum absolute atomic E-state index is 13.0. The van der Waals surface area contributed by atoms with E-state index < -0.39 is 46.6 Å². The predicted octanol–water partition coefficient (Wildman–Crippen LogP) is -0.590. The number of hydrogen-bond acceptors (Lipinski definition) is 8. The van der Waals surface area contributed by atoms with Crippen LogP contribution in [0.3, 0.4) is 0 Å². The Morgan fingerprint density at radius 2 is 2.07 bits per heavy atom. The topological polar surface area (TPSA) is 131 Å². The summed E-state index contributed by atoms with van der Waals surface area (Å²) in [5, 5.41) is 46.7. The molecule has 8 nitrogen and oxygen atoms in total. The fourth-order valence-electron chi connectivity index (χ4n) is 4.70. The maximum atomic E-state index is 13.0. The van der Waals surface area contributed by atoms with Crippen LogP contribution in [0.15, 0.2) is 0 Å². The van der Waals surface area contributed by atoms with Crippen molar-refractivity contribution in [3.63, 3.8) is 0 Å². The number of aliphatic hydroxyl groups is 4. The van der Waals surface area contributed by atoms with Crippen LogP contribution >= 0.6 is 23.4 Å². The van der Waals surface area contributed by atoms with E-state index in [2.05, 4.69) is 10.6 Å². The third-order valence-electron chi connectivity index (χ3n) is 6.59. The van der Waals surface area contributed by atoms with Gasteiger partial charge in [-0.3, -0.25) is 4.79 Å². The summed E-state index contributed by atoms with van der Waals surface area (Å²) in [5.41, 5.74) is -2.83. The number of ether oxygens (including phenoxy) is 1. The van der Waals surface area contributed by atoms with Gasteiger partial charge in [0.1, 0.15) is 23.7 Å². The van der Waals surface area contributed by atoms with Crippen LogP contribution in [-0.4, -0.2) is 92.6 Å². The van der Waals surface area contributed by atoms with Crippen LogP contribution in [0.4, 0.5) is 0 Å². The Labute approximate surface area is 180 Å². The third-order valence-corrected chi connectivity index (χ3v) is 7.62. The van der Waals surface area contributed by atoms with Crippen LogP contribution in [0, 0.1) is 11.8 Å². The van der Waals surface area contributed by atoms with E-state index in [1.165, 1.54) is 0 Å². The highest BCUT2D eigenvalue weighted by Gasteiger charge is 2.64. The Balaban J connectivity index is 1.64. The highest BCUT2D eigenvalue weighted by Crippen LogP contribution is 2.51. The number of halogens is 1. The lowest BCUT2D eigenvalue weighted by Crippen LogP contribution is -2.55. The van der Waals surface area contributed by atoms with E-state index in [0.29, 0.717) is 12.5 Å². The van der Waals surface area contributed by atoms with Crippen LogP contribution in [0.2, 0.25) is 0 Å². The average Bonchev–Trinajstić information content (AvgIpc) is 3.31. The number of carbonyl (C=O) groups excluding carboxylic acids is 1. The van der Waals surface area contributed by atoms with Crippen molar-refractivity contribution in [2.75, 3.05) is 19.4 Å². The number of hydrogen-bond donors (Lipinski definition) is 6. The smallest absolute Gasteiger partial charge is 0.240 e. The van der Waals surface area contributed by atoms with Gasteiger partial charge in [-0.05, 0) is 38.4 Å². The minimum absolute atomic E-state index is 0.175. The lowest BCUT2D eigenvalue weighted by Gasteiger charge is -2.30. The summed E-state index contributed by atoms with van der Waals surface area (Å²) in [6.45, 7) is 3.10. The van der Waals surface area contributed by atoms with E-state index in [1.54, 1.807) is 13.2 Å². The number of nitrogens with one attached hydrogen (secondary N) is 2. The van der Waals surface area contributed by atoms with Crippen molar-refractivity contribution in [2.45, 2.75) is 79.4 Å². The molecule has 29 heavy (non-hydrogen) atoms. The Hall–Kier alpha value is -0.130. The predicted molar refractivity (Wildman–Crippen MR) is 111 cm³/mol. The van der Waals surface area contributed by atoms with Crippen molar-refractivity contribution in [3.05, 3.63) is 0 Å². The Bertz CT molecular complexity index is 587. The summed E-state index contributed by atoms with van der Waals surface area (Å²) < 4.78 is 5.92. The normalized spacial score (nSPS) is 39.6. The highest BCUT2D eigenvalue weighted by molar-refractivity contribution is 7.99. The zero-order chi connectivity index (χ0) is 21.3. The molecule has 0 spiro atoms. The maximum Gasteiger partial charge on any atom is 0.240 e. The average molecular weight is 453 g/mol. The van der Waals surface area contributed by atoms with Crippen LogP contribution in [0.25, 0.3) is 0 Å². The van der Waals surface area contributed by atoms with Crippen LogP contribution in [-0.2, 0) is 9.53 Å². The molecule has 10 heteroatoms. The SMILES string of the molecule is CSC(O)[C@H](O)C(O)[C@]1(O)C[C@@H]1[C@H](NC(=O)[C@H]1NC[C@@H]2CCCCO[C@H]21)[C@H](C)Cl. The van der Waals surface area contributed by atoms with Gasteiger partial charge in [0.2, 0.25) is 5.91 Å². The number of carbonyl (C=O) groups is 1. The molecule has 1 aliphatic carbocycles. The lowest BCUT2D eigenvalue weighted by atomic mass is 9.95. The molecule has 0 radical (unpaired) electrons. The summed E-state index contributed by atoms with van der Waals surface area (Å²) in [5.74, 6) is -0.446. The Morgan fingerprint density at radius 1 is 1.34 bits per heavy atom.